The van der Waals surface area contributed by atoms with Crippen molar-refractivity contribution < 1.29 is 5.11 Å². The number of hydrogen-bond donors (Lipinski definition) is 2. The van der Waals surface area contributed by atoms with Crippen LogP contribution >= 0.6 is 0 Å². The minimum absolute atomic E-state index is 0.210. The fourth-order valence-corrected chi connectivity index (χ4v) is 2.17. The van der Waals surface area contributed by atoms with E-state index in [4.69, 9.17) is 5.11 Å². The van der Waals surface area contributed by atoms with Crippen LogP contribution in [-0.4, -0.2) is 24.3 Å². The van der Waals surface area contributed by atoms with E-state index in [0.29, 0.717) is 12.0 Å². The molecule has 1 fully saturated rings. The highest BCUT2D eigenvalue weighted by Gasteiger charge is 2.50. The van der Waals surface area contributed by atoms with Gasteiger partial charge in [-0.2, -0.15) is 0 Å². The van der Waals surface area contributed by atoms with Gasteiger partial charge in [0.1, 0.15) is 0 Å². The van der Waals surface area contributed by atoms with Crippen LogP contribution in [0, 0.1) is 5.41 Å². The SMILES string of the molecule is CNC1(CCO)CCC1(C)C. The van der Waals surface area contributed by atoms with Gasteiger partial charge in [0.15, 0.2) is 0 Å². The van der Waals surface area contributed by atoms with Crippen LogP contribution in [0.4, 0.5) is 0 Å². The third-order valence-corrected chi connectivity index (χ3v) is 3.49. The van der Waals surface area contributed by atoms with Gasteiger partial charge in [0.2, 0.25) is 0 Å². The molecule has 1 atom stereocenters. The van der Waals surface area contributed by atoms with Crippen LogP contribution < -0.4 is 5.32 Å². The molecule has 2 nitrogen and oxygen atoms in total. The lowest BCUT2D eigenvalue weighted by molar-refractivity contribution is -0.0126. The molecule has 11 heavy (non-hydrogen) atoms. The molecule has 1 aliphatic carbocycles. The fraction of sp³-hybridized carbons (Fsp3) is 1.00. The predicted octanol–water partition coefficient (Wildman–Crippen LogP) is 1.15. The maximum atomic E-state index is 8.89. The summed E-state index contributed by atoms with van der Waals surface area (Å²) in [7, 11) is 2.00. The predicted molar refractivity (Wildman–Crippen MR) is 46.5 cm³/mol. The summed E-state index contributed by atoms with van der Waals surface area (Å²) in [5, 5.41) is 12.2. The first-order valence-electron chi connectivity index (χ1n) is 4.38. The lowest BCUT2D eigenvalue weighted by atomic mass is 9.55. The molecule has 0 aromatic carbocycles. The summed E-state index contributed by atoms with van der Waals surface area (Å²) in [4.78, 5) is 0. The summed E-state index contributed by atoms with van der Waals surface area (Å²) in [6.45, 7) is 4.83. The first-order chi connectivity index (χ1) is 5.08. The molecule has 0 saturated heterocycles. The number of aliphatic hydroxyl groups excluding tert-OH is 1. The van der Waals surface area contributed by atoms with Crippen LogP contribution in [0.2, 0.25) is 0 Å². The topological polar surface area (TPSA) is 32.3 Å². The van der Waals surface area contributed by atoms with E-state index in [0.717, 1.165) is 6.42 Å². The Morgan fingerprint density at radius 1 is 1.36 bits per heavy atom. The minimum Gasteiger partial charge on any atom is -0.396 e. The van der Waals surface area contributed by atoms with E-state index in [9.17, 15) is 0 Å². The van der Waals surface area contributed by atoms with Crippen molar-refractivity contribution in [2.24, 2.45) is 5.41 Å². The monoisotopic (exact) mass is 157 g/mol. The Bertz CT molecular complexity index is 140. The Morgan fingerprint density at radius 2 is 2.00 bits per heavy atom. The van der Waals surface area contributed by atoms with E-state index in [-0.39, 0.29) is 5.54 Å². The number of hydrogen-bond acceptors (Lipinski definition) is 2. The molecule has 0 spiro atoms. The standard InChI is InChI=1S/C9H19NO/c1-8(2)4-5-9(8,10-3)6-7-11/h10-11H,4-7H2,1-3H3. The maximum Gasteiger partial charge on any atom is 0.0448 e. The average molecular weight is 157 g/mol. The molecule has 0 heterocycles. The van der Waals surface area contributed by atoms with Crippen molar-refractivity contribution in [1.29, 1.82) is 0 Å². The van der Waals surface area contributed by atoms with Crippen molar-refractivity contribution in [3.8, 4) is 0 Å². The molecule has 0 aliphatic heterocycles. The zero-order valence-corrected chi connectivity index (χ0v) is 7.78. The molecule has 2 N–H and O–H groups in total. The van der Waals surface area contributed by atoms with Gasteiger partial charge in [0.05, 0.1) is 0 Å². The Morgan fingerprint density at radius 3 is 2.09 bits per heavy atom. The molecule has 0 aromatic heterocycles. The third-order valence-electron chi connectivity index (χ3n) is 3.49. The van der Waals surface area contributed by atoms with Gasteiger partial charge in [-0.25, -0.2) is 0 Å². The molecular weight excluding hydrogens is 138 g/mol. The van der Waals surface area contributed by atoms with Crippen molar-refractivity contribution in [3.05, 3.63) is 0 Å². The highest BCUT2D eigenvalue weighted by atomic mass is 16.3. The normalized spacial score (nSPS) is 34.9. The molecule has 1 unspecified atom stereocenters. The molecule has 0 aromatic rings. The number of nitrogens with one attached hydrogen (secondary N) is 1. The second-order valence-corrected chi connectivity index (χ2v) is 4.19. The number of aliphatic hydroxyl groups is 1. The molecular formula is C9H19NO. The summed E-state index contributed by atoms with van der Waals surface area (Å²) in [5.41, 5.74) is 0.576. The summed E-state index contributed by atoms with van der Waals surface area (Å²) in [6.07, 6.45) is 3.36. The second kappa shape index (κ2) is 2.76. The summed E-state index contributed by atoms with van der Waals surface area (Å²) in [5.74, 6) is 0. The van der Waals surface area contributed by atoms with Crippen molar-refractivity contribution in [2.45, 2.75) is 38.6 Å². The van der Waals surface area contributed by atoms with Gasteiger partial charge >= 0.3 is 0 Å². The van der Waals surface area contributed by atoms with Crippen LogP contribution in [-0.2, 0) is 0 Å². The quantitative estimate of drug-likeness (QED) is 0.644. The van der Waals surface area contributed by atoms with Gasteiger partial charge < -0.3 is 10.4 Å². The van der Waals surface area contributed by atoms with Gasteiger partial charge in [0.25, 0.3) is 0 Å². The molecule has 66 valence electrons. The van der Waals surface area contributed by atoms with Crippen LogP contribution in [0.1, 0.15) is 33.1 Å². The van der Waals surface area contributed by atoms with Crippen LogP contribution in [0.15, 0.2) is 0 Å². The molecule has 0 radical (unpaired) electrons. The van der Waals surface area contributed by atoms with E-state index in [2.05, 4.69) is 19.2 Å². The molecule has 1 aliphatic rings. The van der Waals surface area contributed by atoms with Crippen LogP contribution in [0.3, 0.4) is 0 Å². The minimum atomic E-state index is 0.210. The fourth-order valence-electron chi connectivity index (χ4n) is 2.17. The highest BCUT2D eigenvalue weighted by Crippen LogP contribution is 2.50. The molecule has 1 saturated carbocycles. The summed E-state index contributed by atoms with van der Waals surface area (Å²) in [6, 6.07) is 0. The zero-order valence-electron chi connectivity index (χ0n) is 7.78. The summed E-state index contributed by atoms with van der Waals surface area (Å²) >= 11 is 0. The highest BCUT2D eigenvalue weighted by molar-refractivity contribution is 5.07. The van der Waals surface area contributed by atoms with Crippen molar-refractivity contribution >= 4 is 0 Å². The Hall–Kier alpha value is -0.0800. The van der Waals surface area contributed by atoms with Crippen molar-refractivity contribution in [3.63, 3.8) is 0 Å². The average Bonchev–Trinajstić information content (AvgIpc) is 1.98. The van der Waals surface area contributed by atoms with Gasteiger partial charge in [-0.05, 0) is 31.7 Å². The van der Waals surface area contributed by atoms with Gasteiger partial charge in [0, 0.05) is 12.1 Å². The van der Waals surface area contributed by atoms with E-state index in [1.165, 1.54) is 12.8 Å². The first-order valence-corrected chi connectivity index (χ1v) is 4.38. The van der Waals surface area contributed by atoms with E-state index >= 15 is 0 Å². The summed E-state index contributed by atoms with van der Waals surface area (Å²) < 4.78 is 0. The number of rotatable bonds is 3. The smallest absolute Gasteiger partial charge is 0.0448 e. The van der Waals surface area contributed by atoms with Crippen LogP contribution in [0.25, 0.3) is 0 Å². The van der Waals surface area contributed by atoms with Gasteiger partial charge in [-0.1, -0.05) is 13.8 Å². The largest absolute Gasteiger partial charge is 0.396 e. The van der Waals surface area contributed by atoms with E-state index in [1.54, 1.807) is 0 Å². The van der Waals surface area contributed by atoms with Gasteiger partial charge in [-0.15, -0.1) is 0 Å². The van der Waals surface area contributed by atoms with Crippen molar-refractivity contribution in [1.82, 2.24) is 5.32 Å². The third kappa shape index (κ3) is 1.18. The Balaban J connectivity index is 2.62. The molecule has 1 rings (SSSR count). The first kappa shape index (κ1) is 9.01. The maximum absolute atomic E-state index is 8.89. The Labute approximate surface area is 69.0 Å². The molecule has 2 heteroatoms. The zero-order chi connectivity index (χ0) is 8.54. The van der Waals surface area contributed by atoms with Gasteiger partial charge in [-0.3, -0.25) is 0 Å². The van der Waals surface area contributed by atoms with Crippen molar-refractivity contribution in [2.75, 3.05) is 13.7 Å². The second-order valence-electron chi connectivity index (χ2n) is 4.19. The van der Waals surface area contributed by atoms with E-state index in [1.807, 2.05) is 7.05 Å². The lowest BCUT2D eigenvalue weighted by Gasteiger charge is -2.56. The molecule has 0 bridgehead atoms. The lowest BCUT2D eigenvalue weighted by Crippen LogP contribution is -2.62. The van der Waals surface area contributed by atoms with E-state index < -0.39 is 0 Å². The molecule has 0 amide bonds. The Kier molecular flexibility index (Phi) is 2.26. The van der Waals surface area contributed by atoms with Crippen LogP contribution in [0.5, 0.6) is 0 Å².